The second-order valence-corrected chi connectivity index (χ2v) is 7.35. The van der Waals surface area contributed by atoms with Crippen molar-refractivity contribution in [2.24, 2.45) is 0 Å². The smallest absolute Gasteiger partial charge is 0.0440 e. The van der Waals surface area contributed by atoms with E-state index < -0.39 is 0 Å². The standard InChI is InChI=1S/C16H22ClNS/c1-19-16-8-4-7-15(16)18-12-9-11(10-12)13-5-2-3-6-14(13)17/h2-3,5-6,11-12,15-16,18H,4,7-10H2,1H3. The number of hydrogen-bond donors (Lipinski definition) is 1. The number of hydrogen-bond acceptors (Lipinski definition) is 2. The first-order valence-electron chi connectivity index (χ1n) is 7.31. The van der Waals surface area contributed by atoms with Gasteiger partial charge in [-0.3, -0.25) is 0 Å². The molecule has 0 radical (unpaired) electrons. The van der Waals surface area contributed by atoms with Crippen molar-refractivity contribution in [3.05, 3.63) is 34.9 Å². The number of nitrogens with one attached hydrogen (secondary N) is 1. The maximum absolute atomic E-state index is 6.27. The number of benzene rings is 1. The van der Waals surface area contributed by atoms with Crippen molar-refractivity contribution in [1.29, 1.82) is 0 Å². The number of halogens is 1. The molecular weight excluding hydrogens is 274 g/mol. The van der Waals surface area contributed by atoms with E-state index >= 15 is 0 Å². The molecule has 0 saturated heterocycles. The summed E-state index contributed by atoms with van der Waals surface area (Å²) in [7, 11) is 0. The lowest BCUT2D eigenvalue weighted by atomic mass is 9.75. The normalized spacial score (nSPS) is 34.2. The van der Waals surface area contributed by atoms with Gasteiger partial charge in [-0.05, 0) is 49.5 Å². The van der Waals surface area contributed by atoms with Gasteiger partial charge in [0.05, 0.1) is 0 Å². The fraction of sp³-hybridized carbons (Fsp3) is 0.625. The molecule has 0 heterocycles. The molecule has 3 rings (SSSR count). The molecule has 2 aliphatic rings. The molecule has 2 atom stereocenters. The Kier molecular flexibility index (Phi) is 4.40. The molecule has 19 heavy (non-hydrogen) atoms. The van der Waals surface area contributed by atoms with E-state index in [4.69, 9.17) is 11.6 Å². The van der Waals surface area contributed by atoms with Crippen LogP contribution in [0.4, 0.5) is 0 Å². The van der Waals surface area contributed by atoms with E-state index in [9.17, 15) is 0 Å². The van der Waals surface area contributed by atoms with E-state index in [1.54, 1.807) is 0 Å². The summed E-state index contributed by atoms with van der Waals surface area (Å²) >= 11 is 8.30. The van der Waals surface area contributed by atoms with E-state index in [2.05, 4.69) is 23.7 Å². The zero-order valence-corrected chi connectivity index (χ0v) is 13.0. The average molecular weight is 296 g/mol. The molecule has 3 heteroatoms. The third-order valence-corrected chi connectivity index (χ3v) is 6.20. The Bertz CT molecular complexity index is 431. The van der Waals surface area contributed by atoms with Gasteiger partial charge in [-0.25, -0.2) is 0 Å². The first kappa shape index (κ1) is 13.8. The fourth-order valence-electron chi connectivity index (χ4n) is 3.52. The molecule has 1 aromatic carbocycles. The van der Waals surface area contributed by atoms with Crippen molar-refractivity contribution in [2.45, 2.75) is 55.4 Å². The molecular formula is C16H22ClNS. The van der Waals surface area contributed by atoms with Gasteiger partial charge >= 0.3 is 0 Å². The minimum atomic E-state index is 0.667. The van der Waals surface area contributed by atoms with E-state index in [-0.39, 0.29) is 0 Å². The van der Waals surface area contributed by atoms with Gasteiger partial charge in [-0.2, -0.15) is 11.8 Å². The monoisotopic (exact) mass is 295 g/mol. The Balaban J connectivity index is 1.52. The molecule has 0 bridgehead atoms. The van der Waals surface area contributed by atoms with Crippen LogP contribution in [-0.2, 0) is 0 Å². The Morgan fingerprint density at radius 2 is 2.00 bits per heavy atom. The van der Waals surface area contributed by atoms with E-state index in [0.29, 0.717) is 12.0 Å². The molecule has 1 nitrogen and oxygen atoms in total. The minimum absolute atomic E-state index is 0.667. The van der Waals surface area contributed by atoms with Crippen LogP contribution in [0, 0.1) is 0 Å². The van der Waals surface area contributed by atoms with Crippen LogP contribution in [0.3, 0.4) is 0 Å². The predicted molar refractivity (Wildman–Crippen MR) is 85.3 cm³/mol. The maximum atomic E-state index is 6.27. The third-order valence-electron chi connectivity index (χ3n) is 4.69. The van der Waals surface area contributed by atoms with Gasteiger partial charge in [0.1, 0.15) is 0 Å². The molecule has 0 aliphatic heterocycles. The Hall–Kier alpha value is -0.180. The van der Waals surface area contributed by atoms with Crippen molar-refractivity contribution in [1.82, 2.24) is 5.32 Å². The topological polar surface area (TPSA) is 12.0 Å². The fourth-order valence-corrected chi connectivity index (χ4v) is 4.75. The van der Waals surface area contributed by atoms with Crippen LogP contribution in [0.5, 0.6) is 0 Å². The largest absolute Gasteiger partial charge is 0.310 e. The van der Waals surface area contributed by atoms with Crippen LogP contribution in [0.1, 0.15) is 43.6 Å². The van der Waals surface area contributed by atoms with E-state index in [0.717, 1.165) is 16.3 Å². The van der Waals surface area contributed by atoms with Gasteiger partial charge in [0, 0.05) is 22.4 Å². The van der Waals surface area contributed by atoms with Crippen molar-refractivity contribution in [3.63, 3.8) is 0 Å². The van der Waals surface area contributed by atoms with Gasteiger partial charge in [-0.15, -0.1) is 0 Å². The van der Waals surface area contributed by atoms with Gasteiger partial charge in [0.2, 0.25) is 0 Å². The molecule has 2 saturated carbocycles. The first-order chi connectivity index (χ1) is 9.28. The first-order valence-corrected chi connectivity index (χ1v) is 8.97. The summed E-state index contributed by atoms with van der Waals surface area (Å²) in [6, 6.07) is 9.76. The quantitative estimate of drug-likeness (QED) is 0.880. The van der Waals surface area contributed by atoms with Gasteiger partial charge < -0.3 is 5.32 Å². The molecule has 0 aromatic heterocycles. The van der Waals surface area contributed by atoms with Gasteiger partial charge in [-0.1, -0.05) is 36.2 Å². The lowest BCUT2D eigenvalue weighted by Gasteiger charge is -2.39. The molecule has 0 spiro atoms. The lowest BCUT2D eigenvalue weighted by Crippen LogP contribution is -2.47. The summed E-state index contributed by atoms with van der Waals surface area (Å²) in [5, 5.41) is 5.64. The molecule has 2 fully saturated rings. The van der Waals surface area contributed by atoms with Crippen LogP contribution < -0.4 is 5.32 Å². The number of thioether (sulfide) groups is 1. The Morgan fingerprint density at radius 3 is 2.74 bits per heavy atom. The molecule has 2 unspecified atom stereocenters. The highest BCUT2D eigenvalue weighted by Gasteiger charge is 2.35. The summed E-state index contributed by atoms with van der Waals surface area (Å²) in [5.41, 5.74) is 1.34. The second kappa shape index (κ2) is 6.07. The van der Waals surface area contributed by atoms with Crippen molar-refractivity contribution in [2.75, 3.05) is 6.26 Å². The highest BCUT2D eigenvalue weighted by Crippen LogP contribution is 2.41. The van der Waals surface area contributed by atoms with E-state index in [1.807, 2.05) is 23.9 Å². The second-order valence-electron chi connectivity index (χ2n) is 5.86. The maximum Gasteiger partial charge on any atom is 0.0440 e. The highest BCUT2D eigenvalue weighted by atomic mass is 35.5. The van der Waals surface area contributed by atoms with Gasteiger partial charge in [0.15, 0.2) is 0 Å². The summed E-state index contributed by atoms with van der Waals surface area (Å²) in [6.07, 6.45) is 8.89. The lowest BCUT2D eigenvalue weighted by molar-refractivity contribution is 0.267. The average Bonchev–Trinajstić information content (AvgIpc) is 2.82. The summed E-state index contributed by atoms with van der Waals surface area (Å²) in [4.78, 5) is 0. The van der Waals surface area contributed by atoms with Crippen LogP contribution in [0.15, 0.2) is 24.3 Å². The van der Waals surface area contributed by atoms with E-state index in [1.165, 1.54) is 37.7 Å². The summed E-state index contributed by atoms with van der Waals surface area (Å²) in [6.45, 7) is 0. The third kappa shape index (κ3) is 2.96. The van der Waals surface area contributed by atoms with Crippen LogP contribution in [-0.4, -0.2) is 23.6 Å². The SMILES string of the molecule is CSC1CCCC1NC1CC(c2ccccc2Cl)C1. The molecule has 0 amide bonds. The molecule has 1 N–H and O–H groups in total. The van der Waals surface area contributed by atoms with Crippen molar-refractivity contribution >= 4 is 23.4 Å². The molecule has 2 aliphatic carbocycles. The number of rotatable bonds is 4. The van der Waals surface area contributed by atoms with Crippen LogP contribution in [0.2, 0.25) is 5.02 Å². The van der Waals surface area contributed by atoms with Crippen LogP contribution in [0.25, 0.3) is 0 Å². The summed E-state index contributed by atoms with van der Waals surface area (Å²) in [5.74, 6) is 0.667. The minimum Gasteiger partial charge on any atom is -0.310 e. The Morgan fingerprint density at radius 1 is 1.21 bits per heavy atom. The highest BCUT2D eigenvalue weighted by molar-refractivity contribution is 7.99. The zero-order valence-electron chi connectivity index (χ0n) is 11.4. The van der Waals surface area contributed by atoms with Gasteiger partial charge in [0.25, 0.3) is 0 Å². The molecule has 1 aromatic rings. The molecule has 104 valence electrons. The van der Waals surface area contributed by atoms with Crippen molar-refractivity contribution in [3.8, 4) is 0 Å². The predicted octanol–water partition coefficient (Wildman–Crippen LogP) is 4.46. The zero-order chi connectivity index (χ0) is 13.2. The van der Waals surface area contributed by atoms with Crippen LogP contribution >= 0.6 is 23.4 Å². The van der Waals surface area contributed by atoms with Crippen molar-refractivity contribution < 1.29 is 0 Å². The Labute approximate surface area is 125 Å². The summed E-state index contributed by atoms with van der Waals surface area (Å²) < 4.78 is 0.